The second-order valence-electron chi connectivity index (χ2n) is 8.46. The van der Waals surface area contributed by atoms with Crippen molar-refractivity contribution in [3.63, 3.8) is 0 Å². The van der Waals surface area contributed by atoms with Crippen LogP contribution in [-0.2, 0) is 18.4 Å². The molecule has 0 aliphatic heterocycles. The molecule has 5 rings (SSSR count). The number of rotatable bonds is 5. The first-order valence-electron chi connectivity index (χ1n) is 10.9. The number of hydrogen-bond donors (Lipinski definition) is 1. The minimum atomic E-state index is -0.501. The molecule has 4 aromatic rings. The quantitative estimate of drug-likeness (QED) is 0.537. The van der Waals surface area contributed by atoms with Crippen LogP contribution in [-0.4, -0.2) is 26.6 Å². The fourth-order valence-corrected chi connectivity index (χ4v) is 4.78. The number of carbonyl (C=O) groups is 1. The van der Waals surface area contributed by atoms with Crippen molar-refractivity contribution in [2.75, 3.05) is 6.54 Å². The number of aromatic nitrogens is 3. The third kappa shape index (κ3) is 3.76. The van der Waals surface area contributed by atoms with Crippen LogP contribution in [0, 0.1) is 5.92 Å². The van der Waals surface area contributed by atoms with E-state index in [2.05, 4.69) is 29.1 Å². The number of benzene rings is 2. The van der Waals surface area contributed by atoms with Gasteiger partial charge in [0, 0.05) is 19.5 Å². The van der Waals surface area contributed by atoms with Crippen LogP contribution < -0.4 is 11.1 Å². The number of carbonyl (C=O) groups excluding carboxylic acids is 1. The maximum Gasteiger partial charge on any atom is 0.420 e. The zero-order chi connectivity index (χ0) is 21.4. The molecule has 1 fully saturated rings. The fourth-order valence-electron chi connectivity index (χ4n) is 4.78. The van der Waals surface area contributed by atoms with Crippen molar-refractivity contribution in [3.8, 4) is 0 Å². The van der Waals surface area contributed by atoms with Crippen molar-refractivity contribution in [2.45, 2.75) is 38.1 Å². The summed E-state index contributed by atoms with van der Waals surface area (Å²) in [5, 5.41) is 3.01. The predicted molar refractivity (Wildman–Crippen MR) is 119 cm³/mol. The van der Waals surface area contributed by atoms with E-state index in [1.165, 1.54) is 10.1 Å². The molecule has 1 amide bonds. The molecule has 160 valence electrons. The minimum Gasteiger partial charge on any atom is -0.408 e. The molecule has 0 unspecified atom stereocenters. The van der Waals surface area contributed by atoms with Crippen LogP contribution >= 0.6 is 0 Å². The summed E-state index contributed by atoms with van der Waals surface area (Å²) < 4.78 is 8.80. The predicted octanol–water partition coefficient (Wildman–Crippen LogP) is 3.57. The van der Waals surface area contributed by atoms with E-state index in [4.69, 9.17) is 9.40 Å². The summed E-state index contributed by atoms with van der Waals surface area (Å²) in [5.41, 5.74) is 3.37. The van der Waals surface area contributed by atoms with Gasteiger partial charge in [-0.1, -0.05) is 24.3 Å². The molecule has 31 heavy (non-hydrogen) atoms. The highest BCUT2D eigenvalue weighted by atomic mass is 16.4. The number of nitrogens with zero attached hydrogens (tertiary/aromatic N) is 3. The Hall–Kier alpha value is -3.35. The Labute approximate surface area is 179 Å². The van der Waals surface area contributed by atoms with Gasteiger partial charge in [0.15, 0.2) is 5.58 Å². The van der Waals surface area contributed by atoms with E-state index in [0.29, 0.717) is 29.5 Å². The smallest absolute Gasteiger partial charge is 0.408 e. The molecule has 0 spiro atoms. The molecule has 2 aromatic carbocycles. The number of para-hydroxylation sites is 4. The van der Waals surface area contributed by atoms with E-state index in [1.807, 2.05) is 18.2 Å². The van der Waals surface area contributed by atoms with Crippen LogP contribution in [0.2, 0.25) is 0 Å². The normalized spacial score (nSPS) is 19.1. The Morgan fingerprint density at radius 3 is 2.55 bits per heavy atom. The summed E-state index contributed by atoms with van der Waals surface area (Å²) in [4.78, 5) is 29.4. The Balaban J connectivity index is 1.16. The molecule has 1 aliphatic rings. The molecule has 1 N–H and O–H groups in total. The van der Waals surface area contributed by atoms with E-state index < -0.39 is 5.76 Å². The summed E-state index contributed by atoms with van der Waals surface area (Å²) >= 11 is 0. The SMILES string of the molecule is Cn1c(C2CCC(CNC(=O)Cn3c(=O)oc4ccccc43)CC2)nc2ccccc21. The number of aryl methyl sites for hydroxylation is 1. The first kappa shape index (κ1) is 19.6. The maximum absolute atomic E-state index is 12.5. The first-order valence-corrected chi connectivity index (χ1v) is 10.9. The number of imidazole rings is 1. The van der Waals surface area contributed by atoms with Gasteiger partial charge in [-0.2, -0.15) is 0 Å². The first-order chi connectivity index (χ1) is 15.1. The summed E-state index contributed by atoms with van der Waals surface area (Å²) in [7, 11) is 2.10. The molecule has 0 saturated heterocycles. The number of amides is 1. The molecule has 0 radical (unpaired) electrons. The lowest BCUT2D eigenvalue weighted by atomic mass is 9.81. The third-order valence-electron chi connectivity index (χ3n) is 6.50. The largest absolute Gasteiger partial charge is 0.420 e. The zero-order valence-electron chi connectivity index (χ0n) is 17.6. The third-order valence-corrected chi connectivity index (χ3v) is 6.50. The number of hydrogen-bond acceptors (Lipinski definition) is 4. The van der Waals surface area contributed by atoms with Crippen LogP contribution in [0.3, 0.4) is 0 Å². The summed E-state index contributed by atoms with van der Waals surface area (Å²) in [6.07, 6.45) is 4.26. The molecule has 7 nitrogen and oxygen atoms in total. The summed E-state index contributed by atoms with van der Waals surface area (Å²) in [6, 6.07) is 15.4. The molecule has 2 heterocycles. The van der Waals surface area contributed by atoms with Crippen molar-refractivity contribution < 1.29 is 9.21 Å². The second kappa shape index (κ2) is 8.06. The number of nitrogens with one attached hydrogen (secondary N) is 1. The van der Waals surface area contributed by atoms with Gasteiger partial charge >= 0.3 is 5.76 Å². The number of fused-ring (bicyclic) bond motifs is 2. The molecule has 0 atom stereocenters. The van der Waals surface area contributed by atoms with Crippen molar-refractivity contribution in [3.05, 3.63) is 64.9 Å². The van der Waals surface area contributed by atoms with Crippen molar-refractivity contribution >= 4 is 28.0 Å². The molecule has 0 bridgehead atoms. The molecular formula is C24H26N4O3. The van der Waals surface area contributed by atoms with E-state index in [9.17, 15) is 9.59 Å². The zero-order valence-corrected chi connectivity index (χ0v) is 17.6. The van der Waals surface area contributed by atoms with Gasteiger partial charge in [-0.15, -0.1) is 0 Å². The summed E-state index contributed by atoms with van der Waals surface area (Å²) in [6.45, 7) is 0.615. The van der Waals surface area contributed by atoms with Gasteiger partial charge < -0.3 is 14.3 Å². The van der Waals surface area contributed by atoms with E-state index in [1.54, 1.807) is 18.2 Å². The Bertz CT molecular complexity index is 1290. The lowest BCUT2D eigenvalue weighted by molar-refractivity contribution is -0.121. The standard InChI is InChI=1S/C24H26N4O3/c1-27-19-7-3-2-6-18(19)26-23(27)17-12-10-16(11-13-17)14-25-22(29)15-28-20-8-4-5-9-21(20)31-24(28)30/h2-9,16-17H,10-15H2,1H3,(H,25,29). The van der Waals surface area contributed by atoms with Gasteiger partial charge in [0.2, 0.25) is 5.91 Å². The highest BCUT2D eigenvalue weighted by Crippen LogP contribution is 2.36. The van der Waals surface area contributed by atoms with E-state index >= 15 is 0 Å². The average Bonchev–Trinajstić information content (AvgIpc) is 3.29. The van der Waals surface area contributed by atoms with Gasteiger partial charge in [0.1, 0.15) is 12.4 Å². The van der Waals surface area contributed by atoms with E-state index in [-0.39, 0.29) is 12.5 Å². The van der Waals surface area contributed by atoms with Gasteiger partial charge in [-0.3, -0.25) is 9.36 Å². The van der Waals surface area contributed by atoms with E-state index in [0.717, 1.165) is 37.0 Å². The lowest BCUT2D eigenvalue weighted by Crippen LogP contribution is -2.35. The Kier molecular flexibility index (Phi) is 5.10. The van der Waals surface area contributed by atoms with Gasteiger partial charge in [0.25, 0.3) is 0 Å². The van der Waals surface area contributed by atoms with Crippen LogP contribution in [0.25, 0.3) is 22.1 Å². The lowest BCUT2D eigenvalue weighted by Gasteiger charge is -2.28. The van der Waals surface area contributed by atoms with Gasteiger partial charge in [-0.05, 0) is 55.9 Å². The minimum absolute atomic E-state index is 0.0228. The monoisotopic (exact) mass is 418 g/mol. The maximum atomic E-state index is 12.5. The Morgan fingerprint density at radius 2 is 1.77 bits per heavy atom. The van der Waals surface area contributed by atoms with Crippen molar-refractivity contribution in [2.24, 2.45) is 13.0 Å². The van der Waals surface area contributed by atoms with Crippen LogP contribution in [0.1, 0.15) is 37.4 Å². The van der Waals surface area contributed by atoms with Crippen molar-refractivity contribution in [1.82, 2.24) is 19.4 Å². The molecule has 7 heteroatoms. The highest BCUT2D eigenvalue weighted by molar-refractivity contribution is 5.79. The van der Waals surface area contributed by atoms with Crippen LogP contribution in [0.15, 0.2) is 57.7 Å². The average molecular weight is 418 g/mol. The molecule has 1 saturated carbocycles. The van der Waals surface area contributed by atoms with Crippen molar-refractivity contribution in [1.29, 1.82) is 0 Å². The van der Waals surface area contributed by atoms with Gasteiger partial charge in [0.05, 0.1) is 16.6 Å². The second-order valence-corrected chi connectivity index (χ2v) is 8.46. The molecule has 1 aliphatic carbocycles. The number of oxazole rings is 1. The van der Waals surface area contributed by atoms with Gasteiger partial charge in [-0.25, -0.2) is 9.78 Å². The Morgan fingerprint density at radius 1 is 1.06 bits per heavy atom. The molecule has 2 aromatic heterocycles. The topological polar surface area (TPSA) is 82.1 Å². The fraction of sp³-hybridized carbons (Fsp3) is 0.375. The van der Waals surface area contributed by atoms with Crippen LogP contribution in [0.5, 0.6) is 0 Å². The molecular weight excluding hydrogens is 392 g/mol. The summed E-state index contributed by atoms with van der Waals surface area (Å²) in [5.74, 6) is 1.41. The highest BCUT2D eigenvalue weighted by Gasteiger charge is 2.26. The van der Waals surface area contributed by atoms with Crippen LogP contribution in [0.4, 0.5) is 0 Å².